The molecule has 0 heterocycles. The number of hydrogen-bond acceptors (Lipinski definition) is 4. The summed E-state index contributed by atoms with van der Waals surface area (Å²) in [6.07, 6.45) is 1.50. The van der Waals surface area contributed by atoms with E-state index in [9.17, 15) is 0 Å². The Morgan fingerprint density at radius 1 is 1.00 bits per heavy atom. The highest BCUT2D eigenvalue weighted by Crippen LogP contribution is 0.871. The largest absolute Gasteiger partial charge is 0.231 e. The van der Waals surface area contributed by atoms with Gasteiger partial charge in [-0.2, -0.15) is 0 Å². The molecule has 4 nitrogen and oxygen atoms in total. The first kappa shape index (κ1) is 17.1. The summed E-state index contributed by atoms with van der Waals surface area (Å²) in [5.74, 6) is 0. The standard InChI is InChI=1S/2CHNO.C/c2*2-1-3;/h2*2H;. The summed E-state index contributed by atoms with van der Waals surface area (Å²) in [7, 11) is 0. The summed E-state index contributed by atoms with van der Waals surface area (Å²) in [6.45, 7) is 0. The monoisotopic (exact) mass is 98.0 g/mol. The highest BCUT2D eigenvalue weighted by atomic mass is 16.1. The molecule has 4 heteroatoms. The predicted octanol–water partition coefficient (Wildman–Crippen LogP) is -0.117. The Balaban J connectivity index is -0.0000000400. The maximum absolute atomic E-state index is 8.35. The molecule has 0 saturated carbocycles. The molecule has 7 heavy (non-hydrogen) atoms. The first-order valence-electron chi connectivity index (χ1n) is 0.908. The molecule has 0 spiro atoms. The first-order chi connectivity index (χ1) is 2.83. The summed E-state index contributed by atoms with van der Waals surface area (Å²) in [4.78, 5) is 16.7. The van der Waals surface area contributed by atoms with Crippen LogP contribution in [0.5, 0.6) is 0 Å². The van der Waals surface area contributed by atoms with Crippen LogP contribution in [0.2, 0.25) is 0 Å². The third-order valence-electron chi connectivity index (χ3n) is 0. The van der Waals surface area contributed by atoms with Crippen LogP contribution in [0.1, 0.15) is 0 Å². The topological polar surface area (TPSA) is 81.8 Å². The minimum absolute atomic E-state index is 0. The number of isocyanates is 2. The van der Waals surface area contributed by atoms with E-state index >= 15 is 0 Å². The Morgan fingerprint density at radius 2 is 1.00 bits per heavy atom. The Kier molecular flexibility index (Phi) is 285. The fraction of sp³-hybridized carbons (Fsp3) is 0. The van der Waals surface area contributed by atoms with Gasteiger partial charge in [-0.15, -0.1) is 0 Å². The molecule has 0 aliphatic carbocycles. The van der Waals surface area contributed by atoms with Crippen LogP contribution in [-0.4, -0.2) is 12.2 Å². The van der Waals surface area contributed by atoms with Crippen LogP contribution in [-0.2, 0) is 9.59 Å². The van der Waals surface area contributed by atoms with Crippen molar-refractivity contribution in [3.63, 3.8) is 0 Å². The summed E-state index contributed by atoms with van der Waals surface area (Å²) < 4.78 is 0. The fourth-order valence-electron chi connectivity index (χ4n) is 0. The average Bonchev–Trinajstić information content (AvgIpc) is 1.39. The second kappa shape index (κ2) is 117. The van der Waals surface area contributed by atoms with E-state index in [4.69, 9.17) is 20.4 Å². The Labute approximate surface area is 41.2 Å². The van der Waals surface area contributed by atoms with E-state index in [0.717, 1.165) is 12.2 Å². The molecule has 0 rings (SSSR count). The second-order valence-electron chi connectivity index (χ2n) is 0.204. The van der Waals surface area contributed by atoms with Gasteiger partial charge in [0.05, 0.1) is 0 Å². The molecule has 2 N–H and O–H groups in total. The van der Waals surface area contributed by atoms with Crippen molar-refractivity contribution in [3.8, 4) is 0 Å². The summed E-state index contributed by atoms with van der Waals surface area (Å²) in [6, 6.07) is 0. The van der Waals surface area contributed by atoms with Crippen molar-refractivity contribution in [3.05, 3.63) is 7.43 Å². The molecule has 0 bridgehead atoms. The van der Waals surface area contributed by atoms with Crippen LogP contribution < -0.4 is 0 Å². The lowest BCUT2D eigenvalue weighted by Gasteiger charge is -1.02. The van der Waals surface area contributed by atoms with Gasteiger partial charge in [0.2, 0.25) is 12.2 Å². The number of hydrogen-bond donors (Lipinski definition) is 2. The lowest BCUT2D eigenvalue weighted by atomic mass is 11.7. The Hall–Kier alpha value is -1.24. The van der Waals surface area contributed by atoms with E-state index in [2.05, 4.69) is 0 Å². The average molecular weight is 98.1 g/mol. The fourth-order valence-corrected chi connectivity index (χ4v) is 0. The molecule has 0 fully saturated rings. The SMILES string of the molecule is N=C=O.N=C=O.[C]. The number of nitrogens with one attached hydrogen (secondary N) is 2. The van der Waals surface area contributed by atoms with Gasteiger partial charge in [-0.05, 0) is 0 Å². The van der Waals surface area contributed by atoms with Crippen LogP contribution in [0.25, 0.3) is 0 Å². The molecule has 36 valence electrons. The van der Waals surface area contributed by atoms with Gasteiger partial charge in [0.1, 0.15) is 0 Å². The molecule has 0 unspecified atom stereocenters. The van der Waals surface area contributed by atoms with Gasteiger partial charge in [0.15, 0.2) is 0 Å². The summed E-state index contributed by atoms with van der Waals surface area (Å²) in [5.41, 5.74) is 0. The van der Waals surface area contributed by atoms with E-state index in [1.54, 1.807) is 0 Å². The van der Waals surface area contributed by atoms with Crippen molar-refractivity contribution < 1.29 is 9.59 Å². The van der Waals surface area contributed by atoms with Crippen LogP contribution in [0.15, 0.2) is 0 Å². The number of rotatable bonds is 0. The molecule has 0 aromatic carbocycles. The molecule has 0 aliphatic rings. The van der Waals surface area contributed by atoms with Crippen molar-refractivity contribution >= 4 is 12.2 Å². The van der Waals surface area contributed by atoms with Crippen LogP contribution in [0.3, 0.4) is 0 Å². The quantitative estimate of drug-likeness (QED) is 0.327. The minimum atomic E-state index is 0. The molecule has 4 radical (unpaired) electrons. The maximum atomic E-state index is 8.35. The van der Waals surface area contributed by atoms with Crippen molar-refractivity contribution in [2.45, 2.75) is 0 Å². The van der Waals surface area contributed by atoms with Crippen LogP contribution >= 0.6 is 0 Å². The lowest BCUT2D eigenvalue weighted by molar-refractivity contribution is 0.562. The van der Waals surface area contributed by atoms with E-state index < -0.39 is 0 Å². The minimum Gasteiger partial charge on any atom is -0.222 e. The zero-order valence-electron chi connectivity index (χ0n) is 3.32. The van der Waals surface area contributed by atoms with Crippen molar-refractivity contribution in [2.75, 3.05) is 0 Å². The number of carbonyl (C=O) groups excluding carboxylic acids is 2. The smallest absolute Gasteiger partial charge is 0.222 e. The van der Waals surface area contributed by atoms with Gasteiger partial charge in [-0.25, -0.2) is 20.4 Å². The predicted molar refractivity (Wildman–Crippen MR) is 20.1 cm³/mol. The Bertz CT molecular complexity index is 64.9. The second-order valence-corrected chi connectivity index (χ2v) is 0.204. The van der Waals surface area contributed by atoms with E-state index in [1.165, 1.54) is 0 Å². The first-order valence-corrected chi connectivity index (χ1v) is 0.908. The van der Waals surface area contributed by atoms with Gasteiger partial charge in [-0.3, -0.25) is 0 Å². The zero-order chi connectivity index (χ0) is 5.41. The lowest BCUT2D eigenvalue weighted by Crippen LogP contribution is -1.16. The maximum Gasteiger partial charge on any atom is 0.231 e. The molecule has 0 atom stereocenters. The van der Waals surface area contributed by atoms with Gasteiger partial charge >= 0.3 is 0 Å². The van der Waals surface area contributed by atoms with Gasteiger partial charge in [-0.1, -0.05) is 0 Å². The van der Waals surface area contributed by atoms with Gasteiger partial charge in [0, 0.05) is 7.43 Å². The van der Waals surface area contributed by atoms with Crippen molar-refractivity contribution in [1.29, 1.82) is 10.8 Å². The summed E-state index contributed by atoms with van der Waals surface area (Å²) >= 11 is 0. The molecular formula is C3H2N2O2. The molecule has 0 aliphatic heterocycles. The van der Waals surface area contributed by atoms with Crippen LogP contribution in [0, 0.1) is 18.2 Å². The zero-order valence-corrected chi connectivity index (χ0v) is 3.32. The molecule has 0 aromatic rings. The van der Waals surface area contributed by atoms with Gasteiger partial charge < -0.3 is 0 Å². The van der Waals surface area contributed by atoms with Crippen LogP contribution in [0.4, 0.5) is 0 Å². The summed E-state index contributed by atoms with van der Waals surface area (Å²) in [5, 5.41) is 10.8. The third-order valence-corrected chi connectivity index (χ3v) is 0. The van der Waals surface area contributed by atoms with E-state index in [-0.39, 0.29) is 7.43 Å². The van der Waals surface area contributed by atoms with E-state index in [1.807, 2.05) is 0 Å². The molecular weight excluding hydrogens is 96.0 g/mol. The normalized spacial score (nSPS) is 2.29. The molecule has 0 aromatic heterocycles. The van der Waals surface area contributed by atoms with Crippen molar-refractivity contribution in [2.24, 2.45) is 0 Å². The highest BCUT2D eigenvalue weighted by Gasteiger charge is 1.04. The molecule has 0 saturated heterocycles. The highest BCUT2D eigenvalue weighted by molar-refractivity contribution is 5.26. The molecule has 0 amide bonds. The third kappa shape index (κ3) is 23.6. The van der Waals surface area contributed by atoms with Crippen molar-refractivity contribution in [1.82, 2.24) is 0 Å². The van der Waals surface area contributed by atoms with E-state index in [0.29, 0.717) is 0 Å². The Morgan fingerprint density at radius 3 is 1.00 bits per heavy atom. The van der Waals surface area contributed by atoms with Gasteiger partial charge in [0.25, 0.3) is 0 Å².